The van der Waals surface area contributed by atoms with Crippen LogP contribution in [0.4, 0.5) is 5.69 Å². The number of thioether (sulfide) groups is 2. The molecule has 2 aromatic rings. The lowest BCUT2D eigenvalue weighted by Gasteiger charge is -2.16. The van der Waals surface area contributed by atoms with E-state index in [1.807, 2.05) is 37.7 Å². The number of nitrogens with zero attached hydrogens (tertiary/aromatic N) is 2. The van der Waals surface area contributed by atoms with Gasteiger partial charge in [-0.15, -0.1) is 11.8 Å². The van der Waals surface area contributed by atoms with E-state index in [9.17, 15) is 4.79 Å². The minimum Gasteiger partial charge on any atom is -0.325 e. The summed E-state index contributed by atoms with van der Waals surface area (Å²) in [6, 6.07) is 6.14. The number of amides is 1. The third-order valence-corrected chi connectivity index (χ3v) is 7.23. The van der Waals surface area contributed by atoms with Crippen LogP contribution in [0.3, 0.4) is 0 Å². The Hall–Kier alpha value is -1.53. The van der Waals surface area contributed by atoms with Crippen LogP contribution in [0.25, 0.3) is 0 Å². The summed E-state index contributed by atoms with van der Waals surface area (Å²) >= 11 is 3.36. The van der Waals surface area contributed by atoms with Gasteiger partial charge in [0.05, 0.1) is 5.75 Å². The van der Waals surface area contributed by atoms with Crippen molar-refractivity contribution in [1.82, 2.24) is 9.97 Å². The molecule has 1 aliphatic heterocycles. The molecule has 2 heterocycles. The average Bonchev–Trinajstić information content (AvgIpc) is 2.96. The average molecular weight is 402 g/mol. The Morgan fingerprint density at radius 3 is 2.74 bits per heavy atom. The van der Waals surface area contributed by atoms with Crippen LogP contribution in [0, 0.1) is 13.8 Å². The van der Waals surface area contributed by atoms with Gasteiger partial charge in [-0.1, -0.05) is 50.7 Å². The maximum atomic E-state index is 12.6. The number of carbonyl (C=O) groups is 1. The monoisotopic (exact) mass is 401 g/mol. The van der Waals surface area contributed by atoms with Gasteiger partial charge in [-0.25, -0.2) is 9.97 Å². The predicted molar refractivity (Wildman–Crippen MR) is 115 cm³/mol. The van der Waals surface area contributed by atoms with Gasteiger partial charge in [-0.2, -0.15) is 0 Å². The number of hydrogen-bond acceptors (Lipinski definition) is 5. The maximum absolute atomic E-state index is 12.6. The highest BCUT2D eigenvalue weighted by Crippen LogP contribution is 2.48. The number of benzene rings is 1. The molecule has 1 N–H and O–H groups in total. The zero-order chi connectivity index (χ0) is 19.6. The second-order valence-corrected chi connectivity index (χ2v) is 9.26. The number of nitrogens with one attached hydrogen (secondary N) is 1. The quantitative estimate of drug-likeness (QED) is 0.520. The van der Waals surface area contributed by atoms with Gasteiger partial charge in [0.25, 0.3) is 0 Å². The van der Waals surface area contributed by atoms with Crippen molar-refractivity contribution in [2.45, 2.75) is 68.7 Å². The van der Waals surface area contributed by atoms with Gasteiger partial charge in [0.15, 0.2) is 0 Å². The molecule has 0 spiro atoms. The highest BCUT2D eigenvalue weighted by Gasteiger charge is 2.33. The fraction of sp³-hybridized carbons (Fsp3) is 0.476. The second kappa shape index (κ2) is 8.65. The summed E-state index contributed by atoms with van der Waals surface area (Å²) in [4.78, 5) is 21.9. The molecular formula is C21H27N3OS2. The van der Waals surface area contributed by atoms with Gasteiger partial charge in [-0.3, -0.25) is 4.79 Å². The number of aryl methyl sites for hydroxylation is 3. The summed E-state index contributed by atoms with van der Waals surface area (Å²) in [5, 5.41) is 5.68. The lowest BCUT2D eigenvalue weighted by Crippen LogP contribution is -2.17. The number of hydrogen-bond donors (Lipinski definition) is 1. The van der Waals surface area contributed by atoms with Gasteiger partial charge >= 0.3 is 0 Å². The summed E-state index contributed by atoms with van der Waals surface area (Å²) < 4.78 is 0. The lowest BCUT2D eigenvalue weighted by molar-refractivity contribution is -0.113. The number of para-hydroxylation sites is 1. The summed E-state index contributed by atoms with van der Waals surface area (Å²) in [6.45, 7) is 10.5. The van der Waals surface area contributed by atoms with Crippen molar-refractivity contribution in [3.63, 3.8) is 0 Å². The first-order valence-electron chi connectivity index (χ1n) is 9.50. The predicted octanol–water partition coefficient (Wildman–Crippen LogP) is 5.37. The molecule has 1 aromatic carbocycles. The van der Waals surface area contributed by atoms with Gasteiger partial charge in [-0.05, 0) is 37.8 Å². The molecule has 1 aliphatic rings. The van der Waals surface area contributed by atoms with E-state index in [2.05, 4.69) is 42.1 Å². The van der Waals surface area contributed by atoms with E-state index >= 15 is 0 Å². The first-order chi connectivity index (χ1) is 12.9. The summed E-state index contributed by atoms with van der Waals surface area (Å²) in [7, 11) is 0. The Balaban J connectivity index is 1.76. The topological polar surface area (TPSA) is 54.9 Å². The van der Waals surface area contributed by atoms with Crippen LogP contribution in [-0.2, 0) is 11.2 Å². The smallest absolute Gasteiger partial charge is 0.234 e. The molecule has 0 fully saturated rings. The van der Waals surface area contributed by atoms with Crippen molar-refractivity contribution in [2.75, 3.05) is 11.1 Å². The summed E-state index contributed by atoms with van der Waals surface area (Å²) in [5.74, 6) is 1.61. The normalized spacial score (nSPS) is 18.4. The minimum absolute atomic E-state index is 0.0146. The van der Waals surface area contributed by atoms with E-state index in [0.717, 1.165) is 40.0 Å². The molecule has 3 rings (SSSR count). The third kappa shape index (κ3) is 4.32. The maximum Gasteiger partial charge on any atom is 0.234 e. The van der Waals surface area contributed by atoms with Crippen LogP contribution in [0.15, 0.2) is 28.3 Å². The largest absolute Gasteiger partial charge is 0.325 e. The molecule has 0 saturated heterocycles. The SMILES string of the molecule is CCc1cccc(C)c1NC(=O)CSc1nc(C)nc2c1C(CC)C(C)S2. The van der Waals surface area contributed by atoms with Crippen molar-refractivity contribution in [3.8, 4) is 0 Å². The minimum atomic E-state index is 0.0146. The van der Waals surface area contributed by atoms with E-state index in [0.29, 0.717) is 16.9 Å². The van der Waals surface area contributed by atoms with Crippen LogP contribution in [0.2, 0.25) is 0 Å². The molecule has 0 aliphatic carbocycles. The van der Waals surface area contributed by atoms with Crippen molar-refractivity contribution >= 4 is 35.1 Å². The van der Waals surface area contributed by atoms with Crippen molar-refractivity contribution < 1.29 is 4.79 Å². The second-order valence-electron chi connectivity index (χ2n) is 6.93. The van der Waals surface area contributed by atoms with Crippen LogP contribution in [-0.4, -0.2) is 26.9 Å². The molecule has 0 bridgehead atoms. The van der Waals surface area contributed by atoms with Gasteiger partial charge < -0.3 is 5.32 Å². The molecule has 2 atom stereocenters. The number of carbonyl (C=O) groups excluding carboxylic acids is 1. The Morgan fingerprint density at radius 1 is 1.26 bits per heavy atom. The van der Waals surface area contributed by atoms with Crippen molar-refractivity contribution in [3.05, 3.63) is 40.7 Å². The molecular weight excluding hydrogens is 374 g/mol. The lowest BCUT2D eigenvalue weighted by atomic mass is 9.96. The van der Waals surface area contributed by atoms with Crippen LogP contribution in [0.5, 0.6) is 0 Å². The Morgan fingerprint density at radius 2 is 2.04 bits per heavy atom. The highest BCUT2D eigenvalue weighted by atomic mass is 32.2. The molecule has 144 valence electrons. The highest BCUT2D eigenvalue weighted by molar-refractivity contribution is 8.01. The van der Waals surface area contributed by atoms with Crippen LogP contribution < -0.4 is 5.32 Å². The summed E-state index contributed by atoms with van der Waals surface area (Å²) in [6.07, 6.45) is 1.97. The number of fused-ring (bicyclic) bond motifs is 1. The Labute approximate surface area is 170 Å². The number of rotatable bonds is 6. The molecule has 1 amide bonds. The molecule has 2 unspecified atom stereocenters. The van der Waals surface area contributed by atoms with Crippen LogP contribution in [0.1, 0.15) is 55.6 Å². The Kier molecular flexibility index (Phi) is 6.48. The number of aromatic nitrogens is 2. The number of anilines is 1. The fourth-order valence-electron chi connectivity index (χ4n) is 3.59. The molecule has 0 saturated carbocycles. The zero-order valence-electron chi connectivity index (χ0n) is 16.6. The first kappa shape index (κ1) is 20.2. The van der Waals surface area contributed by atoms with E-state index in [1.165, 1.54) is 22.9 Å². The Bertz CT molecular complexity index is 854. The molecule has 6 heteroatoms. The fourth-order valence-corrected chi connectivity index (χ4v) is 6.00. The zero-order valence-corrected chi connectivity index (χ0v) is 18.3. The van der Waals surface area contributed by atoms with E-state index in [1.54, 1.807) is 0 Å². The summed E-state index contributed by atoms with van der Waals surface area (Å²) in [5.41, 5.74) is 4.46. The van der Waals surface area contributed by atoms with E-state index in [4.69, 9.17) is 0 Å². The molecule has 0 radical (unpaired) electrons. The molecule has 27 heavy (non-hydrogen) atoms. The third-order valence-electron chi connectivity index (χ3n) is 5.01. The first-order valence-corrected chi connectivity index (χ1v) is 11.4. The van der Waals surface area contributed by atoms with Gasteiger partial charge in [0.1, 0.15) is 15.9 Å². The van der Waals surface area contributed by atoms with E-state index in [-0.39, 0.29) is 5.91 Å². The van der Waals surface area contributed by atoms with E-state index < -0.39 is 0 Å². The van der Waals surface area contributed by atoms with Crippen LogP contribution >= 0.6 is 23.5 Å². The molecule has 1 aromatic heterocycles. The van der Waals surface area contributed by atoms with Crippen molar-refractivity contribution in [2.24, 2.45) is 0 Å². The van der Waals surface area contributed by atoms with Gasteiger partial charge in [0, 0.05) is 22.4 Å². The molecule has 4 nitrogen and oxygen atoms in total. The van der Waals surface area contributed by atoms with Gasteiger partial charge in [0.2, 0.25) is 5.91 Å². The standard InChI is InChI=1S/C21H27N3OS2/c1-6-15-10-8-9-12(3)19(15)24-17(25)11-26-20-18-16(7-2)13(4)27-21(18)23-14(5)22-20/h8-10,13,16H,6-7,11H2,1-5H3,(H,24,25). The van der Waals surface area contributed by atoms with Crippen molar-refractivity contribution in [1.29, 1.82) is 0 Å².